The minimum Gasteiger partial charge on any atom is -0.507 e. The molecular formula is C24H18BrN3O4. The van der Waals surface area contributed by atoms with E-state index in [1.807, 2.05) is 0 Å². The minimum absolute atomic E-state index is 0.0547. The molecule has 1 aromatic heterocycles. The lowest BCUT2D eigenvalue weighted by Gasteiger charge is -2.25. The Bertz CT molecular complexity index is 1240. The summed E-state index contributed by atoms with van der Waals surface area (Å²) in [6.45, 7) is 1.38. The molecule has 0 bridgehead atoms. The molecule has 1 atom stereocenters. The molecule has 2 aromatic carbocycles. The maximum atomic E-state index is 13.1. The maximum absolute atomic E-state index is 13.1. The summed E-state index contributed by atoms with van der Waals surface area (Å²) < 4.78 is 0.811. The van der Waals surface area contributed by atoms with Crippen molar-refractivity contribution in [3.05, 3.63) is 94.2 Å². The van der Waals surface area contributed by atoms with Crippen LogP contribution in [0.25, 0.3) is 5.76 Å². The Morgan fingerprint density at radius 1 is 1.06 bits per heavy atom. The number of halogens is 1. The van der Waals surface area contributed by atoms with E-state index >= 15 is 0 Å². The Morgan fingerprint density at radius 3 is 2.47 bits per heavy atom. The largest absolute Gasteiger partial charge is 0.507 e. The lowest BCUT2D eigenvalue weighted by molar-refractivity contribution is -0.132. The number of amides is 2. The number of rotatable bonds is 4. The number of carbonyl (C=O) groups is 3. The van der Waals surface area contributed by atoms with Gasteiger partial charge in [0.15, 0.2) is 0 Å². The van der Waals surface area contributed by atoms with Crippen LogP contribution >= 0.6 is 15.9 Å². The molecule has 0 spiro atoms. The lowest BCUT2D eigenvalue weighted by Crippen LogP contribution is -2.30. The molecule has 0 saturated carbocycles. The predicted octanol–water partition coefficient (Wildman–Crippen LogP) is 4.43. The summed E-state index contributed by atoms with van der Waals surface area (Å²) in [4.78, 5) is 43.3. The molecule has 2 heterocycles. The quantitative estimate of drug-likeness (QED) is 0.319. The number of anilines is 2. The summed E-state index contributed by atoms with van der Waals surface area (Å²) in [5, 5.41) is 13.7. The van der Waals surface area contributed by atoms with Gasteiger partial charge >= 0.3 is 0 Å². The number of pyridine rings is 1. The van der Waals surface area contributed by atoms with Gasteiger partial charge in [-0.15, -0.1) is 0 Å². The Balaban J connectivity index is 1.90. The van der Waals surface area contributed by atoms with Gasteiger partial charge in [-0.05, 0) is 42.5 Å². The van der Waals surface area contributed by atoms with Crippen molar-refractivity contribution in [2.24, 2.45) is 0 Å². The van der Waals surface area contributed by atoms with Crippen LogP contribution < -0.4 is 10.2 Å². The number of benzene rings is 2. The van der Waals surface area contributed by atoms with E-state index in [0.29, 0.717) is 22.6 Å². The van der Waals surface area contributed by atoms with E-state index < -0.39 is 17.7 Å². The van der Waals surface area contributed by atoms with Gasteiger partial charge in [-0.3, -0.25) is 24.3 Å². The Morgan fingerprint density at radius 2 is 1.81 bits per heavy atom. The molecule has 0 radical (unpaired) electrons. The van der Waals surface area contributed by atoms with Crippen molar-refractivity contribution >= 4 is 50.7 Å². The molecule has 1 saturated heterocycles. The molecule has 4 rings (SSSR count). The number of carbonyl (C=O) groups excluding carboxylic acids is 3. The molecule has 32 heavy (non-hydrogen) atoms. The van der Waals surface area contributed by atoms with E-state index in [1.54, 1.807) is 72.9 Å². The number of aromatic nitrogens is 1. The molecule has 1 fully saturated rings. The standard InChI is InChI=1S/C24H18BrN3O4/c1-14(29)27-17-5-4-6-18(13-17)28-21(19-7-2-3-12-26-19)20(23(31)24(28)32)22(30)15-8-10-16(25)11-9-15/h2-13,21,30H,1H3,(H,27,29)/b22-20+. The zero-order valence-corrected chi connectivity index (χ0v) is 18.5. The highest BCUT2D eigenvalue weighted by molar-refractivity contribution is 9.10. The Labute approximate surface area is 192 Å². The van der Waals surface area contributed by atoms with E-state index in [4.69, 9.17) is 0 Å². The molecule has 3 aromatic rings. The Kier molecular flexibility index (Phi) is 5.87. The molecule has 7 nitrogen and oxygen atoms in total. The predicted molar refractivity (Wildman–Crippen MR) is 124 cm³/mol. The number of nitrogens with zero attached hydrogens (tertiary/aromatic N) is 2. The number of hydrogen-bond donors (Lipinski definition) is 2. The number of aliphatic hydroxyl groups is 1. The van der Waals surface area contributed by atoms with Crippen LogP contribution in [0.2, 0.25) is 0 Å². The third-order valence-corrected chi connectivity index (χ3v) is 5.50. The summed E-state index contributed by atoms with van der Waals surface area (Å²) in [6.07, 6.45) is 1.56. The van der Waals surface area contributed by atoms with Gasteiger partial charge in [-0.1, -0.05) is 40.2 Å². The number of hydrogen-bond acceptors (Lipinski definition) is 5. The molecule has 160 valence electrons. The summed E-state index contributed by atoms with van der Waals surface area (Å²) in [6, 6.07) is 17.6. The van der Waals surface area contributed by atoms with Gasteiger partial charge < -0.3 is 10.4 Å². The summed E-state index contributed by atoms with van der Waals surface area (Å²) in [5.41, 5.74) is 1.64. The van der Waals surface area contributed by atoms with E-state index in [-0.39, 0.29) is 17.2 Å². The lowest BCUT2D eigenvalue weighted by atomic mass is 9.98. The van der Waals surface area contributed by atoms with E-state index in [2.05, 4.69) is 26.2 Å². The van der Waals surface area contributed by atoms with Crippen LogP contribution in [0, 0.1) is 0 Å². The fraction of sp³-hybridized carbons (Fsp3) is 0.0833. The number of Topliss-reactive ketones (excluding diaryl/α,β-unsaturated/α-hetero) is 1. The molecule has 2 N–H and O–H groups in total. The average Bonchev–Trinajstić information content (AvgIpc) is 3.05. The number of ketones is 1. The second kappa shape index (κ2) is 8.76. The van der Waals surface area contributed by atoms with E-state index in [1.165, 1.54) is 11.8 Å². The molecule has 0 aliphatic carbocycles. The third-order valence-electron chi connectivity index (χ3n) is 4.97. The van der Waals surface area contributed by atoms with Crippen molar-refractivity contribution < 1.29 is 19.5 Å². The zero-order chi connectivity index (χ0) is 22.8. The van der Waals surface area contributed by atoms with Crippen LogP contribution in [-0.4, -0.2) is 27.7 Å². The minimum atomic E-state index is -0.938. The fourth-order valence-corrected chi connectivity index (χ4v) is 3.88. The highest BCUT2D eigenvalue weighted by atomic mass is 79.9. The van der Waals surface area contributed by atoms with Crippen LogP contribution in [0.5, 0.6) is 0 Å². The van der Waals surface area contributed by atoms with Gasteiger partial charge in [0.25, 0.3) is 11.7 Å². The van der Waals surface area contributed by atoms with E-state index in [0.717, 1.165) is 4.47 Å². The summed E-state index contributed by atoms with van der Waals surface area (Å²) in [5.74, 6) is -2.15. The average molecular weight is 492 g/mol. The second-order valence-corrected chi connectivity index (χ2v) is 8.08. The maximum Gasteiger partial charge on any atom is 0.300 e. The number of aliphatic hydroxyl groups excluding tert-OH is 1. The molecule has 1 aliphatic rings. The normalized spacial score (nSPS) is 17.4. The topological polar surface area (TPSA) is 99.6 Å². The van der Waals surface area contributed by atoms with Gasteiger partial charge in [0.2, 0.25) is 5.91 Å². The first kappa shape index (κ1) is 21.5. The fourth-order valence-electron chi connectivity index (χ4n) is 3.62. The van der Waals surface area contributed by atoms with Crippen molar-refractivity contribution in [3.63, 3.8) is 0 Å². The van der Waals surface area contributed by atoms with Crippen LogP contribution in [-0.2, 0) is 14.4 Å². The van der Waals surface area contributed by atoms with Gasteiger partial charge in [0, 0.05) is 34.5 Å². The summed E-state index contributed by atoms with van der Waals surface area (Å²) >= 11 is 3.35. The molecule has 8 heteroatoms. The van der Waals surface area contributed by atoms with Crippen molar-refractivity contribution in [1.82, 2.24) is 4.98 Å². The SMILES string of the molecule is CC(=O)Nc1cccc(N2C(=O)C(=O)/C(=C(/O)c3ccc(Br)cc3)C2c2ccccn2)c1. The first-order valence-corrected chi connectivity index (χ1v) is 10.5. The van der Waals surface area contributed by atoms with Gasteiger partial charge in [0.05, 0.1) is 11.3 Å². The third kappa shape index (κ3) is 4.04. The first-order chi connectivity index (χ1) is 15.4. The Hall–Kier alpha value is -3.78. The monoisotopic (exact) mass is 491 g/mol. The molecular weight excluding hydrogens is 474 g/mol. The van der Waals surface area contributed by atoms with Crippen molar-refractivity contribution in [3.8, 4) is 0 Å². The van der Waals surface area contributed by atoms with Gasteiger partial charge in [-0.2, -0.15) is 0 Å². The second-order valence-electron chi connectivity index (χ2n) is 7.16. The number of nitrogens with one attached hydrogen (secondary N) is 1. The molecule has 1 aliphatic heterocycles. The molecule has 2 amide bonds. The highest BCUT2D eigenvalue weighted by Crippen LogP contribution is 2.42. The van der Waals surface area contributed by atoms with Crippen molar-refractivity contribution in [2.45, 2.75) is 13.0 Å². The first-order valence-electron chi connectivity index (χ1n) is 9.72. The van der Waals surface area contributed by atoms with Crippen molar-refractivity contribution in [2.75, 3.05) is 10.2 Å². The van der Waals surface area contributed by atoms with Crippen LogP contribution in [0.4, 0.5) is 11.4 Å². The van der Waals surface area contributed by atoms with E-state index in [9.17, 15) is 19.5 Å². The molecule has 1 unspecified atom stereocenters. The van der Waals surface area contributed by atoms with Crippen molar-refractivity contribution in [1.29, 1.82) is 0 Å². The highest BCUT2D eigenvalue weighted by Gasteiger charge is 2.47. The van der Waals surface area contributed by atoms with Crippen LogP contribution in [0.15, 0.2) is 83.0 Å². The smallest absolute Gasteiger partial charge is 0.300 e. The zero-order valence-electron chi connectivity index (χ0n) is 16.9. The summed E-state index contributed by atoms with van der Waals surface area (Å²) in [7, 11) is 0. The van der Waals surface area contributed by atoms with Crippen LogP contribution in [0.3, 0.4) is 0 Å². The van der Waals surface area contributed by atoms with Gasteiger partial charge in [-0.25, -0.2) is 0 Å². The van der Waals surface area contributed by atoms with Crippen LogP contribution in [0.1, 0.15) is 24.2 Å². The van der Waals surface area contributed by atoms with Gasteiger partial charge in [0.1, 0.15) is 11.8 Å².